The molecule has 33 heavy (non-hydrogen) atoms. The Morgan fingerprint density at radius 2 is 1.73 bits per heavy atom. The van der Waals surface area contributed by atoms with Crippen LogP contribution >= 0.6 is 0 Å². The van der Waals surface area contributed by atoms with Crippen molar-refractivity contribution in [3.8, 4) is 17.0 Å². The van der Waals surface area contributed by atoms with Crippen LogP contribution in [0.2, 0.25) is 0 Å². The fourth-order valence-corrected chi connectivity index (χ4v) is 3.40. The lowest BCUT2D eigenvalue weighted by Gasteiger charge is -2.15. The summed E-state index contributed by atoms with van der Waals surface area (Å²) in [6.45, 7) is 0. The zero-order valence-electron chi connectivity index (χ0n) is 17.1. The molecule has 170 valence electrons. The van der Waals surface area contributed by atoms with E-state index in [1.165, 1.54) is 42.0 Å². The van der Waals surface area contributed by atoms with Crippen LogP contribution in [0.15, 0.2) is 72.9 Å². The number of pyridine rings is 1. The summed E-state index contributed by atoms with van der Waals surface area (Å²) in [4.78, 5) is 17.3. The molecule has 2 heterocycles. The highest BCUT2D eigenvalue weighted by atomic mass is 19.4. The summed E-state index contributed by atoms with van der Waals surface area (Å²) in [6.07, 6.45) is -4.61. The van der Waals surface area contributed by atoms with Gasteiger partial charge in [-0.05, 0) is 42.0 Å². The second-order valence-electron chi connectivity index (χ2n) is 6.97. The Balaban J connectivity index is 1.73. The van der Waals surface area contributed by atoms with Gasteiger partial charge in [-0.15, -0.1) is 13.2 Å². The molecule has 4 rings (SSSR count). The largest absolute Gasteiger partial charge is 0.573 e. The molecule has 2 aromatic heterocycles. The zero-order chi connectivity index (χ0) is 23.6. The van der Waals surface area contributed by atoms with E-state index in [2.05, 4.69) is 15.0 Å². The van der Waals surface area contributed by atoms with E-state index in [1.54, 1.807) is 30.3 Å². The predicted molar refractivity (Wildman–Crippen MR) is 112 cm³/mol. The number of hydrogen-bond donors (Lipinski definition) is 1. The van der Waals surface area contributed by atoms with Gasteiger partial charge < -0.3 is 14.8 Å². The summed E-state index contributed by atoms with van der Waals surface area (Å²) in [5.41, 5.74) is 1.60. The lowest BCUT2D eigenvalue weighted by atomic mass is 10.1. The summed E-state index contributed by atoms with van der Waals surface area (Å²) in [5, 5.41) is 2.69. The molecule has 1 unspecified atom stereocenters. The van der Waals surface area contributed by atoms with E-state index in [-0.39, 0.29) is 11.5 Å². The number of nitrogens with zero attached hydrogens (tertiary/aromatic N) is 2. The molecule has 0 radical (unpaired) electrons. The predicted octanol–water partition coefficient (Wildman–Crippen LogP) is 5.37. The van der Waals surface area contributed by atoms with Gasteiger partial charge in [-0.2, -0.15) is 0 Å². The number of rotatable bonds is 6. The first-order valence-electron chi connectivity index (χ1n) is 9.67. The molecule has 10 heteroatoms. The summed E-state index contributed by atoms with van der Waals surface area (Å²) in [6, 6.07) is 16.4. The quantitative estimate of drug-likeness (QED) is 0.394. The standard InChI is InChI=1S/C23H17F4N3O3/c1-32-20(15-5-3-2-4-6-15)22(31)29-21-19(30-13-16(24)9-12-18(30)28-21)14-7-10-17(11-8-14)33-23(25,26)27/h2-13,20H,1H3,(H,29,31). The van der Waals surface area contributed by atoms with Gasteiger partial charge in [0.1, 0.15) is 17.2 Å². The van der Waals surface area contributed by atoms with Crippen LogP contribution in [0.4, 0.5) is 23.4 Å². The van der Waals surface area contributed by atoms with Crippen LogP contribution in [-0.4, -0.2) is 28.8 Å². The van der Waals surface area contributed by atoms with Crippen LogP contribution in [0, 0.1) is 5.82 Å². The Kier molecular flexibility index (Phi) is 6.01. The number of amides is 1. The first-order valence-corrected chi connectivity index (χ1v) is 9.67. The van der Waals surface area contributed by atoms with Gasteiger partial charge in [-0.25, -0.2) is 9.37 Å². The molecule has 6 nitrogen and oxygen atoms in total. The van der Waals surface area contributed by atoms with Crippen LogP contribution in [-0.2, 0) is 9.53 Å². The van der Waals surface area contributed by atoms with Crippen molar-refractivity contribution < 1.29 is 31.8 Å². The third-order valence-corrected chi connectivity index (χ3v) is 4.76. The molecule has 1 atom stereocenters. The SMILES string of the molecule is COC(C(=O)Nc1nc2ccc(F)cn2c1-c1ccc(OC(F)(F)F)cc1)c1ccccc1. The van der Waals surface area contributed by atoms with Crippen LogP contribution in [0.25, 0.3) is 16.9 Å². The van der Waals surface area contributed by atoms with Crippen LogP contribution < -0.4 is 10.1 Å². The highest BCUT2D eigenvalue weighted by Crippen LogP contribution is 2.33. The highest BCUT2D eigenvalue weighted by Gasteiger charge is 2.31. The second-order valence-corrected chi connectivity index (χ2v) is 6.97. The Labute approximate surface area is 185 Å². The van der Waals surface area contributed by atoms with Crippen molar-refractivity contribution in [1.82, 2.24) is 9.38 Å². The molecular weight excluding hydrogens is 442 g/mol. The summed E-state index contributed by atoms with van der Waals surface area (Å²) >= 11 is 0. The molecule has 0 aliphatic heterocycles. The molecule has 0 spiro atoms. The molecule has 0 fully saturated rings. The van der Waals surface area contributed by atoms with Gasteiger partial charge in [0.05, 0.1) is 5.69 Å². The molecule has 0 bridgehead atoms. The van der Waals surface area contributed by atoms with E-state index in [0.29, 0.717) is 16.8 Å². The minimum atomic E-state index is -4.83. The smallest absolute Gasteiger partial charge is 0.406 e. The Morgan fingerprint density at radius 1 is 1.03 bits per heavy atom. The van der Waals surface area contributed by atoms with Crippen molar-refractivity contribution in [3.63, 3.8) is 0 Å². The number of carbonyl (C=O) groups excluding carboxylic acids is 1. The molecule has 0 aliphatic rings. The monoisotopic (exact) mass is 459 g/mol. The molecule has 0 saturated carbocycles. The van der Waals surface area contributed by atoms with Gasteiger partial charge in [-0.1, -0.05) is 30.3 Å². The number of ether oxygens (including phenoxy) is 2. The third-order valence-electron chi connectivity index (χ3n) is 4.76. The van der Waals surface area contributed by atoms with Gasteiger partial charge in [0, 0.05) is 18.9 Å². The molecular formula is C23H17F4N3O3. The van der Waals surface area contributed by atoms with Gasteiger partial charge >= 0.3 is 6.36 Å². The normalized spacial score (nSPS) is 12.5. The van der Waals surface area contributed by atoms with E-state index >= 15 is 0 Å². The Bertz CT molecular complexity index is 1270. The molecule has 4 aromatic rings. The molecule has 1 N–H and O–H groups in total. The number of hydrogen-bond acceptors (Lipinski definition) is 4. The number of nitrogens with one attached hydrogen (secondary N) is 1. The van der Waals surface area contributed by atoms with Gasteiger partial charge in [-0.3, -0.25) is 9.20 Å². The van der Waals surface area contributed by atoms with Crippen LogP contribution in [0.3, 0.4) is 0 Å². The minimum Gasteiger partial charge on any atom is -0.406 e. The van der Waals surface area contributed by atoms with E-state index in [0.717, 1.165) is 12.1 Å². The number of alkyl halides is 3. The average molecular weight is 459 g/mol. The fourth-order valence-electron chi connectivity index (χ4n) is 3.40. The number of fused-ring (bicyclic) bond motifs is 1. The maximum absolute atomic E-state index is 14.0. The number of carbonyl (C=O) groups is 1. The van der Waals surface area contributed by atoms with Gasteiger partial charge in [0.15, 0.2) is 11.9 Å². The lowest BCUT2D eigenvalue weighted by molar-refractivity contribution is -0.274. The van der Waals surface area contributed by atoms with Gasteiger partial charge in [0.2, 0.25) is 0 Å². The number of aromatic nitrogens is 2. The average Bonchev–Trinajstić information content (AvgIpc) is 3.11. The van der Waals surface area contributed by atoms with Crippen molar-refractivity contribution >= 4 is 17.4 Å². The third kappa shape index (κ3) is 4.96. The van der Waals surface area contributed by atoms with Crippen LogP contribution in [0.5, 0.6) is 5.75 Å². The summed E-state index contributed by atoms with van der Waals surface area (Å²) in [7, 11) is 1.39. The maximum atomic E-state index is 14.0. The van der Waals surface area contributed by atoms with Crippen LogP contribution in [0.1, 0.15) is 11.7 Å². The summed E-state index contributed by atoms with van der Waals surface area (Å²) < 4.78 is 62.1. The van der Waals surface area contributed by atoms with Crippen molar-refractivity contribution in [2.24, 2.45) is 0 Å². The number of benzene rings is 2. The second kappa shape index (κ2) is 8.91. The maximum Gasteiger partial charge on any atom is 0.573 e. The number of methoxy groups -OCH3 is 1. The van der Waals surface area contributed by atoms with E-state index < -0.39 is 29.9 Å². The molecule has 1 amide bonds. The number of imidazole rings is 1. The van der Waals surface area contributed by atoms with Crippen molar-refractivity contribution in [3.05, 3.63) is 84.3 Å². The topological polar surface area (TPSA) is 64.9 Å². The van der Waals surface area contributed by atoms with E-state index in [1.807, 2.05) is 0 Å². The molecule has 2 aromatic carbocycles. The van der Waals surface area contributed by atoms with Gasteiger partial charge in [0.25, 0.3) is 5.91 Å². The number of halogens is 4. The first kappa shape index (κ1) is 22.3. The summed E-state index contributed by atoms with van der Waals surface area (Å²) in [5.74, 6) is -1.41. The lowest BCUT2D eigenvalue weighted by Crippen LogP contribution is -2.23. The molecule has 0 aliphatic carbocycles. The van der Waals surface area contributed by atoms with E-state index in [9.17, 15) is 22.4 Å². The number of anilines is 1. The fraction of sp³-hybridized carbons (Fsp3) is 0.130. The minimum absolute atomic E-state index is 0.0908. The highest BCUT2D eigenvalue weighted by molar-refractivity contribution is 5.97. The zero-order valence-corrected chi connectivity index (χ0v) is 17.1. The van der Waals surface area contributed by atoms with Crippen molar-refractivity contribution in [2.75, 3.05) is 12.4 Å². The van der Waals surface area contributed by atoms with E-state index in [4.69, 9.17) is 4.74 Å². The Hall–Kier alpha value is -3.92. The Morgan fingerprint density at radius 3 is 2.36 bits per heavy atom. The molecule has 0 saturated heterocycles. The first-order chi connectivity index (χ1) is 15.7. The van der Waals surface area contributed by atoms with Crippen molar-refractivity contribution in [2.45, 2.75) is 12.5 Å². The van der Waals surface area contributed by atoms with Crippen molar-refractivity contribution in [1.29, 1.82) is 0 Å².